The highest BCUT2D eigenvalue weighted by Gasteiger charge is 2.32. The topological polar surface area (TPSA) is 95.9 Å². The van der Waals surface area contributed by atoms with E-state index in [1.807, 2.05) is 31.2 Å². The number of carboxylic acids is 1. The van der Waals surface area contributed by atoms with Crippen LogP contribution in [0.2, 0.25) is 0 Å². The number of hydrogen-bond donors (Lipinski definition) is 2. The number of benzene rings is 2. The lowest BCUT2D eigenvalue weighted by Gasteiger charge is -2.33. The maximum atomic E-state index is 13.0. The number of carboxylic acid groups (broad SMARTS) is 1. The third kappa shape index (κ3) is 5.22. The lowest BCUT2D eigenvalue weighted by Crippen LogP contribution is -2.48. The minimum absolute atomic E-state index is 0.0231. The van der Waals surface area contributed by atoms with Gasteiger partial charge >= 0.3 is 12.1 Å². The number of fused-ring (bicyclic) bond motifs is 3. The quantitative estimate of drug-likeness (QED) is 0.591. The van der Waals surface area contributed by atoms with E-state index in [2.05, 4.69) is 29.6 Å². The second-order valence-corrected chi connectivity index (χ2v) is 9.98. The molecule has 2 aromatic rings. The molecule has 180 valence electrons. The molecule has 2 N–H and O–H groups in total. The number of nitrogens with one attached hydrogen (secondary N) is 1. The smallest absolute Gasteiger partial charge is 0.407 e. The number of hydrogen-bond acceptors (Lipinski definition) is 5. The summed E-state index contributed by atoms with van der Waals surface area (Å²) < 4.78 is 5.59. The van der Waals surface area contributed by atoms with Gasteiger partial charge in [-0.25, -0.2) is 4.79 Å². The Labute approximate surface area is 203 Å². The summed E-state index contributed by atoms with van der Waals surface area (Å²) in [6, 6.07) is 16.3. The van der Waals surface area contributed by atoms with Crippen LogP contribution in [0, 0.1) is 5.92 Å². The number of ether oxygens (including phenoxy) is 1. The summed E-state index contributed by atoms with van der Waals surface area (Å²) in [7, 11) is 0. The fourth-order valence-corrected chi connectivity index (χ4v) is 5.81. The molecule has 0 radical (unpaired) electrons. The molecule has 1 heterocycles. The van der Waals surface area contributed by atoms with Crippen molar-refractivity contribution in [3.8, 4) is 11.1 Å². The van der Waals surface area contributed by atoms with Crippen molar-refractivity contribution >= 4 is 29.7 Å². The minimum Gasteiger partial charge on any atom is -0.480 e. The molecule has 2 aliphatic rings. The van der Waals surface area contributed by atoms with Crippen molar-refractivity contribution in [2.75, 3.05) is 32.0 Å². The van der Waals surface area contributed by atoms with Gasteiger partial charge in [0, 0.05) is 31.3 Å². The van der Waals surface area contributed by atoms with Crippen LogP contribution in [0.5, 0.6) is 0 Å². The van der Waals surface area contributed by atoms with Gasteiger partial charge in [0.1, 0.15) is 11.9 Å². The monoisotopic (exact) mass is 482 g/mol. The maximum Gasteiger partial charge on any atom is 0.407 e. The van der Waals surface area contributed by atoms with E-state index in [1.54, 1.807) is 4.90 Å². The molecule has 1 fully saturated rings. The predicted octanol–water partition coefficient (Wildman–Crippen LogP) is 3.97. The fourth-order valence-electron chi connectivity index (χ4n) is 4.77. The first-order valence-corrected chi connectivity index (χ1v) is 12.8. The van der Waals surface area contributed by atoms with E-state index in [0.717, 1.165) is 17.5 Å². The molecule has 2 aromatic carbocycles. The number of rotatable bonds is 8. The number of alkyl carbamates (subject to hydrolysis) is 1. The van der Waals surface area contributed by atoms with E-state index in [4.69, 9.17) is 4.74 Å². The van der Waals surface area contributed by atoms with Crippen LogP contribution in [0.15, 0.2) is 48.5 Å². The van der Waals surface area contributed by atoms with Gasteiger partial charge in [0.15, 0.2) is 0 Å². The van der Waals surface area contributed by atoms with Gasteiger partial charge in [-0.2, -0.15) is 0 Å². The number of aliphatic carboxylic acids is 1. The second-order valence-electron chi connectivity index (χ2n) is 8.67. The number of carbonyl (C=O) groups is 3. The van der Waals surface area contributed by atoms with Crippen molar-refractivity contribution in [1.82, 2.24) is 10.2 Å². The first kappa shape index (κ1) is 24.1. The number of nitrogens with zero attached hydrogens (tertiary/aromatic N) is 1. The molecule has 8 heteroatoms. The van der Waals surface area contributed by atoms with Gasteiger partial charge in [-0.15, -0.1) is 11.8 Å². The Morgan fingerprint density at radius 3 is 2.38 bits per heavy atom. The van der Waals surface area contributed by atoms with E-state index in [0.29, 0.717) is 18.7 Å². The lowest BCUT2D eigenvalue weighted by atomic mass is 9.98. The highest BCUT2D eigenvalue weighted by atomic mass is 32.2. The molecule has 0 aromatic heterocycles. The molecule has 1 saturated heterocycles. The van der Waals surface area contributed by atoms with Gasteiger partial charge in [0.05, 0.1) is 5.92 Å². The van der Waals surface area contributed by atoms with Crippen molar-refractivity contribution in [3.63, 3.8) is 0 Å². The van der Waals surface area contributed by atoms with Crippen LogP contribution >= 0.6 is 11.8 Å². The van der Waals surface area contributed by atoms with Crippen molar-refractivity contribution in [1.29, 1.82) is 0 Å². The van der Waals surface area contributed by atoms with Gasteiger partial charge in [0.2, 0.25) is 5.91 Å². The van der Waals surface area contributed by atoms with Gasteiger partial charge in [-0.3, -0.25) is 9.59 Å². The van der Waals surface area contributed by atoms with Crippen LogP contribution in [0.4, 0.5) is 4.79 Å². The minimum atomic E-state index is -0.897. The van der Waals surface area contributed by atoms with Crippen LogP contribution < -0.4 is 5.32 Å². The second kappa shape index (κ2) is 11.0. The standard InChI is InChI=1S/C26H30N2O5S/c1-2-7-17(24(29)28-12-13-34-23(15-28)25(30)31)14-27-26(32)33-16-22-20-10-5-3-8-18(20)19-9-4-6-11-21(19)22/h3-6,8-11,17,22-23H,2,7,12-16H2,1H3,(H,27,32)(H,30,31). The molecule has 0 spiro atoms. The zero-order valence-corrected chi connectivity index (χ0v) is 20.1. The maximum absolute atomic E-state index is 13.0. The first-order chi connectivity index (χ1) is 16.5. The SMILES string of the molecule is CCCC(CNC(=O)OCC1c2ccccc2-c2ccccc21)C(=O)N1CCSC(C(=O)O)C1. The predicted molar refractivity (Wildman–Crippen MR) is 132 cm³/mol. The zero-order valence-electron chi connectivity index (χ0n) is 19.2. The van der Waals surface area contributed by atoms with Crippen LogP contribution in [0.25, 0.3) is 11.1 Å². The van der Waals surface area contributed by atoms with Crippen LogP contribution in [-0.4, -0.2) is 65.2 Å². The highest BCUT2D eigenvalue weighted by Crippen LogP contribution is 2.44. The molecular weight excluding hydrogens is 452 g/mol. The molecule has 2 unspecified atom stereocenters. The first-order valence-electron chi connectivity index (χ1n) is 11.7. The van der Waals surface area contributed by atoms with Crippen molar-refractivity contribution in [3.05, 3.63) is 59.7 Å². The normalized spacial score (nSPS) is 18.0. The zero-order chi connectivity index (χ0) is 24.1. The van der Waals surface area contributed by atoms with Crippen LogP contribution in [0.3, 0.4) is 0 Å². The van der Waals surface area contributed by atoms with Crippen molar-refractivity contribution < 1.29 is 24.2 Å². The Hall–Kier alpha value is -3.00. The Morgan fingerprint density at radius 1 is 1.12 bits per heavy atom. The number of thioether (sulfide) groups is 1. The van der Waals surface area contributed by atoms with Gasteiger partial charge in [-0.1, -0.05) is 61.9 Å². The van der Waals surface area contributed by atoms with Crippen molar-refractivity contribution in [2.24, 2.45) is 5.92 Å². The third-order valence-electron chi connectivity index (χ3n) is 6.48. The van der Waals surface area contributed by atoms with Gasteiger partial charge in [0.25, 0.3) is 0 Å². The van der Waals surface area contributed by atoms with E-state index >= 15 is 0 Å². The average Bonchev–Trinajstić information content (AvgIpc) is 3.18. The molecule has 1 aliphatic heterocycles. The summed E-state index contributed by atoms with van der Waals surface area (Å²) >= 11 is 1.36. The molecule has 34 heavy (non-hydrogen) atoms. The molecule has 2 atom stereocenters. The van der Waals surface area contributed by atoms with Crippen LogP contribution in [-0.2, 0) is 14.3 Å². The Kier molecular flexibility index (Phi) is 7.77. The summed E-state index contributed by atoms with van der Waals surface area (Å²) in [5.41, 5.74) is 4.62. The van der Waals surface area contributed by atoms with Crippen molar-refractivity contribution in [2.45, 2.75) is 30.9 Å². The van der Waals surface area contributed by atoms with Gasteiger partial charge < -0.3 is 20.1 Å². The summed E-state index contributed by atoms with van der Waals surface area (Å²) in [4.78, 5) is 38.5. The number of carbonyl (C=O) groups excluding carboxylic acids is 2. The summed E-state index contributed by atoms with van der Waals surface area (Å²) in [6.07, 6.45) is 0.853. The molecule has 4 rings (SSSR count). The van der Waals surface area contributed by atoms with E-state index in [-0.39, 0.29) is 31.5 Å². The summed E-state index contributed by atoms with van der Waals surface area (Å²) in [5, 5.41) is 11.5. The average molecular weight is 483 g/mol. The molecule has 0 bridgehead atoms. The van der Waals surface area contributed by atoms with E-state index in [1.165, 1.54) is 22.9 Å². The highest BCUT2D eigenvalue weighted by molar-refractivity contribution is 8.00. The lowest BCUT2D eigenvalue weighted by molar-refractivity contribution is -0.139. The molecule has 1 aliphatic carbocycles. The third-order valence-corrected chi connectivity index (χ3v) is 7.65. The summed E-state index contributed by atoms with van der Waals surface area (Å²) in [6.45, 7) is 3.10. The molecule has 2 amide bonds. The molecule has 7 nitrogen and oxygen atoms in total. The largest absolute Gasteiger partial charge is 0.480 e. The molecule has 0 saturated carbocycles. The molecular formula is C26H30N2O5S. The van der Waals surface area contributed by atoms with E-state index < -0.39 is 23.2 Å². The summed E-state index contributed by atoms with van der Waals surface area (Å²) in [5.74, 6) is -0.826. The van der Waals surface area contributed by atoms with E-state index in [9.17, 15) is 19.5 Å². The number of amides is 2. The fraction of sp³-hybridized carbons (Fsp3) is 0.423. The van der Waals surface area contributed by atoms with Gasteiger partial charge in [-0.05, 0) is 28.7 Å². The Bertz CT molecular complexity index is 1010. The Balaban J connectivity index is 1.34. The van der Waals surface area contributed by atoms with Crippen LogP contribution in [0.1, 0.15) is 36.8 Å². The Morgan fingerprint density at radius 2 is 1.76 bits per heavy atom.